The molecule has 0 bridgehead atoms. The number of carbonyl (C=O) groups is 1. The van der Waals surface area contributed by atoms with Gasteiger partial charge in [-0.15, -0.1) is 0 Å². The highest BCUT2D eigenvalue weighted by atomic mass is 16.5. The predicted octanol–water partition coefficient (Wildman–Crippen LogP) is 2.78. The van der Waals surface area contributed by atoms with Crippen LogP contribution in [0.1, 0.15) is 5.56 Å². The number of fused-ring (bicyclic) bond motifs is 1. The smallest absolute Gasteiger partial charge is 0.261 e. The second-order valence-corrected chi connectivity index (χ2v) is 6.47. The number of aromatic amines is 1. The third-order valence-corrected chi connectivity index (χ3v) is 4.62. The van der Waals surface area contributed by atoms with E-state index in [9.17, 15) is 9.59 Å². The number of aromatic nitrogens is 4. The Balaban J connectivity index is 1.61. The van der Waals surface area contributed by atoms with E-state index in [2.05, 4.69) is 20.4 Å². The van der Waals surface area contributed by atoms with Crippen LogP contribution in [0, 0.1) is 0 Å². The summed E-state index contributed by atoms with van der Waals surface area (Å²) in [5.74, 6) is 0.905. The summed E-state index contributed by atoms with van der Waals surface area (Å²) < 4.78 is 12.0. The van der Waals surface area contributed by atoms with E-state index in [0.717, 1.165) is 5.56 Å². The van der Waals surface area contributed by atoms with Crippen LogP contribution in [0.3, 0.4) is 0 Å². The van der Waals surface area contributed by atoms with Crippen LogP contribution in [0.2, 0.25) is 0 Å². The van der Waals surface area contributed by atoms with Gasteiger partial charge >= 0.3 is 0 Å². The first kappa shape index (κ1) is 19.9. The summed E-state index contributed by atoms with van der Waals surface area (Å²) in [4.78, 5) is 31.3. The van der Waals surface area contributed by atoms with Crippen molar-refractivity contribution in [2.24, 2.45) is 0 Å². The van der Waals surface area contributed by atoms with Gasteiger partial charge in [-0.3, -0.25) is 9.59 Å². The van der Waals surface area contributed by atoms with Gasteiger partial charge in [0.2, 0.25) is 5.91 Å². The van der Waals surface area contributed by atoms with E-state index >= 15 is 0 Å². The molecular weight excluding hydrogens is 398 g/mol. The van der Waals surface area contributed by atoms with Crippen molar-refractivity contribution in [1.29, 1.82) is 0 Å². The molecule has 2 aromatic carbocycles. The van der Waals surface area contributed by atoms with Crippen LogP contribution in [0.5, 0.6) is 11.5 Å². The maximum Gasteiger partial charge on any atom is 0.261 e. The molecular formula is C22H19N5O4. The van der Waals surface area contributed by atoms with Gasteiger partial charge < -0.3 is 19.8 Å². The zero-order chi connectivity index (χ0) is 21.8. The molecule has 1 amide bonds. The van der Waals surface area contributed by atoms with E-state index in [-0.39, 0.29) is 11.5 Å². The number of benzene rings is 2. The molecule has 9 heteroatoms. The molecule has 0 saturated heterocycles. The number of nitrogens with one attached hydrogen (secondary N) is 2. The molecule has 0 radical (unpaired) electrons. The lowest BCUT2D eigenvalue weighted by molar-refractivity contribution is -0.111. The molecule has 4 rings (SSSR count). The van der Waals surface area contributed by atoms with Gasteiger partial charge in [0.1, 0.15) is 16.9 Å². The Morgan fingerprint density at radius 3 is 2.81 bits per heavy atom. The molecule has 156 valence electrons. The van der Waals surface area contributed by atoms with Gasteiger partial charge in [0.05, 0.1) is 38.1 Å². The number of hydrogen-bond donors (Lipinski definition) is 2. The van der Waals surface area contributed by atoms with Crippen molar-refractivity contribution in [3.05, 3.63) is 77.0 Å². The lowest BCUT2D eigenvalue weighted by atomic mass is 10.1. The van der Waals surface area contributed by atoms with Crippen LogP contribution in [0.4, 0.5) is 5.69 Å². The van der Waals surface area contributed by atoms with Crippen LogP contribution in [0.25, 0.3) is 22.8 Å². The Labute approximate surface area is 177 Å². The minimum absolute atomic E-state index is 0.283. The number of rotatable bonds is 6. The zero-order valence-corrected chi connectivity index (χ0v) is 16.8. The lowest BCUT2D eigenvalue weighted by Gasteiger charge is -2.10. The van der Waals surface area contributed by atoms with E-state index in [1.165, 1.54) is 23.3 Å². The van der Waals surface area contributed by atoms with Crippen LogP contribution in [-0.2, 0) is 4.79 Å². The largest absolute Gasteiger partial charge is 0.497 e. The molecule has 0 aliphatic rings. The summed E-state index contributed by atoms with van der Waals surface area (Å²) in [7, 11) is 3.12. The van der Waals surface area contributed by atoms with Crippen molar-refractivity contribution in [1.82, 2.24) is 19.7 Å². The van der Waals surface area contributed by atoms with Gasteiger partial charge in [-0.2, -0.15) is 5.10 Å². The van der Waals surface area contributed by atoms with E-state index < -0.39 is 0 Å². The maximum absolute atomic E-state index is 12.6. The molecule has 0 aliphatic carbocycles. The fourth-order valence-electron chi connectivity index (χ4n) is 3.09. The number of nitrogens with zero attached hydrogens (tertiary/aromatic N) is 3. The molecule has 31 heavy (non-hydrogen) atoms. The fourth-order valence-corrected chi connectivity index (χ4v) is 3.09. The van der Waals surface area contributed by atoms with Gasteiger partial charge in [-0.25, -0.2) is 9.67 Å². The highest BCUT2D eigenvalue weighted by molar-refractivity contribution is 6.03. The summed E-state index contributed by atoms with van der Waals surface area (Å²) in [5.41, 5.74) is 1.94. The van der Waals surface area contributed by atoms with Crippen molar-refractivity contribution in [2.45, 2.75) is 0 Å². The summed E-state index contributed by atoms with van der Waals surface area (Å²) in [6.07, 6.45) is 5.82. The topological polar surface area (TPSA) is 111 Å². The Kier molecular flexibility index (Phi) is 5.48. The fraction of sp³-hybridized carbons (Fsp3) is 0.0909. The average molecular weight is 417 g/mol. The molecule has 2 heterocycles. The third-order valence-electron chi connectivity index (χ3n) is 4.62. The SMILES string of the molecule is COc1ccc(/C=C/C(=O)Nc2ccccc2-n2ncc3c(=O)[nH]cnc32)c(OC)c1. The molecule has 0 saturated carbocycles. The van der Waals surface area contributed by atoms with Gasteiger partial charge in [0.15, 0.2) is 5.65 Å². The van der Waals surface area contributed by atoms with Crippen LogP contribution in [0.15, 0.2) is 65.9 Å². The molecule has 0 spiro atoms. The van der Waals surface area contributed by atoms with Gasteiger partial charge in [-0.1, -0.05) is 12.1 Å². The Morgan fingerprint density at radius 1 is 1.16 bits per heavy atom. The summed E-state index contributed by atoms with van der Waals surface area (Å²) in [5, 5.41) is 7.46. The zero-order valence-electron chi connectivity index (χ0n) is 16.8. The molecule has 0 unspecified atom stereocenters. The molecule has 2 N–H and O–H groups in total. The van der Waals surface area contributed by atoms with E-state index in [0.29, 0.717) is 33.9 Å². The highest BCUT2D eigenvalue weighted by Gasteiger charge is 2.13. The summed E-state index contributed by atoms with van der Waals surface area (Å²) >= 11 is 0. The number of hydrogen-bond acceptors (Lipinski definition) is 6. The van der Waals surface area contributed by atoms with Crippen molar-refractivity contribution in [3.8, 4) is 17.2 Å². The number of ether oxygens (including phenoxy) is 2. The number of amides is 1. The number of methoxy groups -OCH3 is 2. The Bertz CT molecular complexity index is 1340. The average Bonchev–Trinajstić information content (AvgIpc) is 3.23. The van der Waals surface area contributed by atoms with Crippen LogP contribution in [-0.4, -0.2) is 39.9 Å². The first-order valence-corrected chi connectivity index (χ1v) is 9.32. The van der Waals surface area contributed by atoms with Gasteiger partial charge in [-0.05, 0) is 30.3 Å². The summed E-state index contributed by atoms with van der Waals surface area (Å²) in [6.45, 7) is 0. The molecule has 0 atom stereocenters. The third kappa shape index (κ3) is 4.01. The molecule has 0 aliphatic heterocycles. The van der Waals surface area contributed by atoms with E-state index in [4.69, 9.17) is 9.47 Å². The minimum atomic E-state index is -0.340. The van der Waals surface area contributed by atoms with Crippen molar-refractivity contribution in [2.75, 3.05) is 19.5 Å². The second-order valence-electron chi connectivity index (χ2n) is 6.47. The normalized spacial score (nSPS) is 11.0. The highest BCUT2D eigenvalue weighted by Crippen LogP contribution is 2.26. The maximum atomic E-state index is 12.6. The van der Waals surface area contributed by atoms with Crippen molar-refractivity contribution in [3.63, 3.8) is 0 Å². The molecule has 9 nitrogen and oxygen atoms in total. The Hall–Kier alpha value is -4.40. The summed E-state index contributed by atoms with van der Waals surface area (Å²) in [6, 6.07) is 12.5. The first-order valence-electron chi connectivity index (χ1n) is 9.32. The molecule has 4 aromatic rings. The molecule has 2 aromatic heterocycles. The van der Waals surface area contributed by atoms with Gasteiger partial charge in [0.25, 0.3) is 5.56 Å². The number of H-pyrrole nitrogens is 1. The van der Waals surface area contributed by atoms with Crippen LogP contribution >= 0.6 is 0 Å². The van der Waals surface area contributed by atoms with Crippen molar-refractivity contribution >= 4 is 28.7 Å². The second kappa shape index (κ2) is 8.54. The van der Waals surface area contributed by atoms with Crippen molar-refractivity contribution < 1.29 is 14.3 Å². The quantitative estimate of drug-likeness (QED) is 0.467. The lowest BCUT2D eigenvalue weighted by Crippen LogP contribution is -2.12. The monoisotopic (exact) mass is 417 g/mol. The number of carbonyl (C=O) groups excluding carboxylic acids is 1. The van der Waals surface area contributed by atoms with Crippen LogP contribution < -0.4 is 20.3 Å². The first-order chi connectivity index (χ1) is 15.1. The minimum Gasteiger partial charge on any atom is -0.497 e. The van der Waals surface area contributed by atoms with E-state index in [1.807, 2.05) is 6.07 Å². The predicted molar refractivity (Wildman–Crippen MR) is 117 cm³/mol. The van der Waals surface area contributed by atoms with E-state index in [1.54, 1.807) is 56.7 Å². The Morgan fingerprint density at radius 2 is 2.00 bits per heavy atom. The van der Waals surface area contributed by atoms with Gasteiger partial charge in [0, 0.05) is 17.7 Å². The standard InChI is InChI=1S/C22H19N5O4/c1-30-15-9-7-14(19(11-15)31-2)8-10-20(28)26-17-5-3-4-6-18(17)27-21-16(12-25-27)22(29)24-13-23-21/h3-13H,1-2H3,(H,26,28)(H,23,24,29)/b10-8+. The number of para-hydroxylation sites is 2. The molecule has 0 fully saturated rings. The number of anilines is 1.